The third-order valence-electron chi connectivity index (χ3n) is 2.93. The van der Waals surface area contributed by atoms with Crippen molar-refractivity contribution < 1.29 is 24.2 Å². The molecule has 2 aromatic carbocycles. The summed E-state index contributed by atoms with van der Waals surface area (Å²) in [6.07, 6.45) is 0. The fourth-order valence-electron chi connectivity index (χ4n) is 1.82. The van der Waals surface area contributed by atoms with Crippen molar-refractivity contribution in [3.05, 3.63) is 53.1 Å². The van der Waals surface area contributed by atoms with Gasteiger partial charge in [0.2, 0.25) is 0 Å². The lowest BCUT2D eigenvalue weighted by atomic mass is 10.2. The second-order valence-electron chi connectivity index (χ2n) is 4.48. The van der Waals surface area contributed by atoms with Gasteiger partial charge < -0.3 is 19.9 Å². The van der Waals surface area contributed by atoms with E-state index in [0.29, 0.717) is 16.5 Å². The number of methoxy groups -OCH3 is 1. The molecule has 0 aliphatic heterocycles. The van der Waals surface area contributed by atoms with Crippen LogP contribution in [0.25, 0.3) is 0 Å². The molecule has 2 N–H and O–H groups in total. The van der Waals surface area contributed by atoms with Gasteiger partial charge in [0, 0.05) is 6.07 Å². The van der Waals surface area contributed by atoms with Crippen LogP contribution < -0.4 is 14.8 Å². The van der Waals surface area contributed by atoms with Gasteiger partial charge in [-0.25, -0.2) is 4.79 Å². The average molecular weight is 336 g/mol. The molecule has 0 atom stereocenters. The Kier molecular flexibility index (Phi) is 5.43. The van der Waals surface area contributed by atoms with Gasteiger partial charge in [-0.15, -0.1) is 0 Å². The highest BCUT2D eigenvalue weighted by molar-refractivity contribution is 6.33. The second-order valence-corrected chi connectivity index (χ2v) is 4.89. The van der Waals surface area contributed by atoms with Crippen molar-refractivity contribution in [2.24, 2.45) is 0 Å². The zero-order valence-corrected chi connectivity index (χ0v) is 13.0. The number of ether oxygens (including phenoxy) is 2. The van der Waals surface area contributed by atoms with E-state index in [1.165, 1.54) is 25.3 Å². The number of nitrogens with one attached hydrogen (secondary N) is 1. The van der Waals surface area contributed by atoms with E-state index >= 15 is 0 Å². The van der Waals surface area contributed by atoms with E-state index in [4.69, 9.17) is 26.2 Å². The van der Waals surface area contributed by atoms with Crippen molar-refractivity contribution in [3.63, 3.8) is 0 Å². The number of halogens is 1. The number of carboxylic acids is 1. The second kappa shape index (κ2) is 7.51. The number of carbonyl (C=O) groups excluding carboxylic acids is 1. The van der Waals surface area contributed by atoms with Crippen LogP contribution in [0.5, 0.6) is 11.5 Å². The zero-order valence-electron chi connectivity index (χ0n) is 12.2. The van der Waals surface area contributed by atoms with E-state index in [2.05, 4.69) is 5.32 Å². The fourth-order valence-corrected chi connectivity index (χ4v) is 2.00. The summed E-state index contributed by atoms with van der Waals surface area (Å²) in [6, 6.07) is 11.0. The summed E-state index contributed by atoms with van der Waals surface area (Å²) in [4.78, 5) is 23.1. The molecule has 2 rings (SSSR count). The Labute approximate surface area is 137 Å². The number of anilines is 1. The molecule has 2 aromatic rings. The molecule has 0 spiro atoms. The van der Waals surface area contributed by atoms with Gasteiger partial charge in [0.05, 0.1) is 17.8 Å². The summed E-state index contributed by atoms with van der Waals surface area (Å²) in [5, 5.41) is 12.1. The predicted octanol–water partition coefficient (Wildman–Crippen LogP) is 3.06. The van der Waals surface area contributed by atoms with Crippen molar-refractivity contribution in [2.75, 3.05) is 19.0 Å². The van der Waals surface area contributed by atoms with Crippen LogP contribution in [0.4, 0.5) is 5.69 Å². The molecular formula is C16H14ClNO5. The van der Waals surface area contributed by atoms with E-state index in [1.807, 2.05) is 0 Å². The van der Waals surface area contributed by atoms with Crippen LogP contribution in [0, 0.1) is 0 Å². The SMILES string of the molecule is COc1ccc(C(=O)O)c(OCC(=O)Nc2ccccc2Cl)c1. The fraction of sp³-hybridized carbons (Fsp3) is 0.125. The van der Waals surface area contributed by atoms with Crippen LogP contribution >= 0.6 is 11.6 Å². The standard InChI is InChI=1S/C16H14ClNO5/c1-22-10-6-7-11(16(20)21)14(8-10)23-9-15(19)18-13-5-3-2-4-12(13)17/h2-8H,9H2,1H3,(H,18,19)(H,20,21). The molecular weight excluding hydrogens is 322 g/mol. The molecule has 6 nitrogen and oxygen atoms in total. The molecule has 0 saturated heterocycles. The van der Waals surface area contributed by atoms with Gasteiger partial charge in [-0.2, -0.15) is 0 Å². The van der Waals surface area contributed by atoms with Gasteiger partial charge >= 0.3 is 5.97 Å². The van der Waals surface area contributed by atoms with Crippen LogP contribution in [-0.2, 0) is 4.79 Å². The first kappa shape index (κ1) is 16.6. The minimum Gasteiger partial charge on any atom is -0.497 e. The third-order valence-corrected chi connectivity index (χ3v) is 3.26. The molecule has 23 heavy (non-hydrogen) atoms. The number of hydrogen-bond donors (Lipinski definition) is 2. The molecule has 0 bridgehead atoms. The van der Waals surface area contributed by atoms with Crippen molar-refractivity contribution in [1.29, 1.82) is 0 Å². The minimum atomic E-state index is -1.16. The molecule has 0 aliphatic rings. The maximum atomic E-state index is 11.9. The Morgan fingerprint density at radius 3 is 2.61 bits per heavy atom. The smallest absolute Gasteiger partial charge is 0.339 e. The van der Waals surface area contributed by atoms with Crippen LogP contribution in [0.15, 0.2) is 42.5 Å². The third kappa shape index (κ3) is 4.37. The maximum absolute atomic E-state index is 11.9. The summed E-state index contributed by atoms with van der Waals surface area (Å²) in [5.74, 6) is -1.14. The van der Waals surface area contributed by atoms with Crippen molar-refractivity contribution >= 4 is 29.2 Å². The lowest BCUT2D eigenvalue weighted by molar-refractivity contribution is -0.118. The van der Waals surface area contributed by atoms with E-state index in [9.17, 15) is 9.59 Å². The molecule has 1 amide bonds. The van der Waals surface area contributed by atoms with E-state index < -0.39 is 11.9 Å². The topological polar surface area (TPSA) is 84.9 Å². The quantitative estimate of drug-likeness (QED) is 0.847. The highest BCUT2D eigenvalue weighted by Crippen LogP contribution is 2.25. The molecule has 0 aliphatic carbocycles. The monoisotopic (exact) mass is 335 g/mol. The van der Waals surface area contributed by atoms with Gasteiger partial charge in [0.25, 0.3) is 5.91 Å². The predicted molar refractivity (Wildman–Crippen MR) is 85.5 cm³/mol. The average Bonchev–Trinajstić information content (AvgIpc) is 2.54. The molecule has 0 radical (unpaired) electrons. The van der Waals surface area contributed by atoms with Gasteiger partial charge in [-0.1, -0.05) is 23.7 Å². The highest BCUT2D eigenvalue weighted by atomic mass is 35.5. The molecule has 0 saturated carbocycles. The number of para-hydroxylation sites is 1. The van der Waals surface area contributed by atoms with Crippen LogP contribution in [0.1, 0.15) is 10.4 Å². The van der Waals surface area contributed by atoms with Crippen LogP contribution in [0.2, 0.25) is 5.02 Å². The number of rotatable bonds is 6. The summed E-state index contributed by atoms with van der Waals surface area (Å²) in [7, 11) is 1.45. The van der Waals surface area contributed by atoms with Crippen molar-refractivity contribution in [3.8, 4) is 11.5 Å². The first-order valence-electron chi connectivity index (χ1n) is 6.59. The summed E-state index contributed by atoms with van der Waals surface area (Å²) in [5.41, 5.74) is 0.392. The van der Waals surface area contributed by atoms with Crippen molar-refractivity contribution in [2.45, 2.75) is 0 Å². The van der Waals surface area contributed by atoms with Gasteiger partial charge in [-0.3, -0.25) is 4.79 Å². The van der Waals surface area contributed by atoms with Crippen molar-refractivity contribution in [1.82, 2.24) is 0 Å². The first-order valence-corrected chi connectivity index (χ1v) is 6.97. The molecule has 120 valence electrons. The molecule has 0 unspecified atom stereocenters. The first-order chi connectivity index (χ1) is 11.0. The normalized spacial score (nSPS) is 10.0. The zero-order chi connectivity index (χ0) is 16.8. The molecule has 0 aromatic heterocycles. The maximum Gasteiger partial charge on any atom is 0.339 e. The Morgan fingerprint density at radius 1 is 1.22 bits per heavy atom. The largest absolute Gasteiger partial charge is 0.497 e. The number of hydrogen-bond acceptors (Lipinski definition) is 4. The highest BCUT2D eigenvalue weighted by Gasteiger charge is 2.14. The van der Waals surface area contributed by atoms with Crippen LogP contribution in [-0.4, -0.2) is 30.7 Å². The number of carboxylic acid groups (broad SMARTS) is 1. The van der Waals surface area contributed by atoms with Gasteiger partial charge in [-0.05, 0) is 24.3 Å². The number of aromatic carboxylic acids is 1. The van der Waals surface area contributed by atoms with Gasteiger partial charge in [0.1, 0.15) is 17.1 Å². The Morgan fingerprint density at radius 2 is 1.96 bits per heavy atom. The Bertz CT molecular complexity index is 732. The lowest BCUT2D eigenvalue weighted by Crippen LogP contribution is -2.21. The number of carbonyl (C=O) groups is 2. The van der Waals surface area contributed by atoms with E-state index in [-0.39, 0.29) is 17.9 Å². The summed E-state index contributed by atoms with van der Waals surface area (Å²) >= 11 is 5.94. The summed E-state index contributed by atoms with van der Waals surface area (Å²) in [6.45, 7) is -0.362. The summed E-state index contributed by atoms with van der Waals surface area (Å²) < 4.78 is 10.3. The minimum absolute atomic E-state index is 0.0474. The lowest BCUT2D eigenvalue weighted by Gasteiger charge is -2.11. The number of benzene rings is 2. The Hall–Kier alpha value is -2.73. The van der Waals surface area contributed by atoms with E-state index in [0.717, 1.165) is 0 Å². The molecule has 0 heterocycles. The van der Waals surface area contributed by atoms with Gasteiger partial charge in [0.15, 0.2) is 6.61 Å². The molecule has 7 heteroatoms. The van der Waals surface area contributed by atoms with E-state index in [1.54, 1.807) is 24.3 Å². The molecule has 0 fully saturated rings. The Balaban J connectivity index is 2.06. The van der Waals surface area contributed by atoms with Crippen LogP contribution in [0.3, 0.4) is 0 Å². The number of amides is 1.